The van der Waals surface area contributed by atoms with Crippen LogP contribution < -0.4 is 10.1 Å². The zero-order valence-electron chi connectivity index (χ0n) is 12.6. The van der Waals surface area contributed by atoms with E-state index in [2.05, 4.69) is 52.1 Å². The Balaban J connectivity index is 2.76. The molecule has 0 saturated heterocycles. The minimum absolute atomic E-state index is 0.411. The average molecular weight is 249 g/mol. The molecule has 2 nitrogen and oxygen atoms in total. The Morgan fingerprint density at radius 1 is 1.17 bits per heavy atom. The van der Waals surface area contributed by atoms with Gasteiger partial charge in [-0.3, -0.25) is 0 Å². The molecule has 0 aliphatic heterocycles. The highest BCUT2D eigenvalue weighted by molar-refractivity contribution is 5.44. The number of aryl methyl sites for hydroxylation is 2. The lowest BCUT2D eigenvalue weighted by Crippen LogP contribution is -2.37. The third kappa shape index (κ3) is 3.49. The van der Waals surface area contributed by atoms with Gasteiger partial charge >= 0.3 is 0 Å². The van der Waals surface area contributed by atoms with Crippen LogP contribution in [0.3, 0.4) is 0 Å². The van der Waals surface area contributed by atoms with Gasteiger partial charge in [-0.2, -0.15) is 0 Å². The quantitative estimate of drug-likeness (QED) is 0.831. The highest BCUT2D eigenvalue weighted by Gasteiger charge is 2.15. The predicted molar refractivity (Wildman–Crippen MR) is 78.5 cm³/mol. The van der Waals surface area contributed by atoms with Crippen LogP contribution in [0.1, 0.15) is 37.0 Å². The molecule has 18 heavy (non-hydrogen) atoms. The van der Waals surface area contributed by atoms with Gasteiger partial charge in [0, 0.05) is 6.04 Å². The molecule has 0 amide bonds. The summed E-state index contributed by atoms with van der Waals surface area (Å²) in [5.74, 6) is 1.68. The summed E-state index contributed by atoms with van der Waals surface area (Å²) in [4.78, 5) is 0. The first kappa shape index (κ1) is 15.0. The summed E-state index contributed by atoms with van der Waals surface area (Å²) >= 11 is 0. The van der Waals surface area contributed by atoms with Gasteiger partial charge in [0.1, 0.15) is 12.4 Å². The van der Waals surface area contributed by atoms with Gasteiger partial charge in [0.15, 0.2) is 0 Å². The molecule has 102 valence electrons. The van der Waals surface area contributed by atoms with Crippen molar-refractivity contribution in [1.82, 2.24) is 5.32 Å². The van der Waals surface area contributed by atoms with Crippen molar-refractivity contribution in [2.24, 2.45) is 5.92 Å². The van der Waals surface area contributed by atoms with Crippen molar-refractivity contribution in [3.63, 3.8) is 0 Å². The van der Waals surface area contributed by atoms with Crippen molar-refractivity contribution in [2.45, 2.75) is 47.1 Å². The molecule has 1 N–H and O–H groups in total. The Kier molecular flexibility index (Phi) is 5.67. The van der Waals surface area contributed by atoms with E-state index in [1.807, 2.05) is 7.05 Å². The van der Waals surface area contributed by atoms with E-state index in [4.69, 9.17) is 4.74 Å². The standard InChI is InChI=1S/C16H27NO/c1-7-11(2)15(17-6)10-18-16-13(4)9-8-12(3)14(16)5/h8-9,11,15,17H,7,10H2,1-6H3. The van der Waals surface area contributed by atoms with Crippen LogP contribution in [-0.4, -0.2) is 19.7 Å². The lowest BCUT2D eigenvalue weighted by atomic mass is 10.00. The van der Waals surface area contributed by atoms with E-state index < -0.39 is 0 Å². The molecule has 0 aliphatic rings. The summed E-state index contributed by atoms with van der Waals surface area (Å²) < 4.78 is 6.06. The first-order valence-electron chi connectivity index (χ1n) is 6.88. The molecule has 2 heteroatoms. The highest BCUT2D eigenvalue weighted by atomic mass is 16.5. The molecular formula is C16H27NO. The van der Waals surface area contributed by atoms with Gasteiger partial charge in [-0.1, -0.05) is 32.4 Å². The molecule has 0 fully saturated rings. The van der Waals surface area contributed by atoms with Gasteiger partial charge in [0.05, 0.1) is 0 Å². The third-order valence-corrected chi connectivity index (χ3v) is 3.98. The maximum Gasteiger partial charge on any atom is 0.125 e. The Bertz CT molecular complexity index is 387. The number of hydrogen-bond donors (Lipinski definition) is 1. The van der Waals surface area contributed by atoms with Crippen LogP contribution in [0.2, 0.25) is 0 Å². The van der Waals surface area contributed by atoms with Crippen LogP contribution in [-0.2, 0) is 0 Å². The van der Waals surface area contributed by atoms with E-state index in [0.717, 1.165) is 12.4 Å². The molecule has 2 atom stereocenters. The van der Waals surface area contributed by atoms with Crippen molar-refractivity contribution in [2.75, 3.05) is 13.7 Å². The lowest BCUT2D eigenvalue weighted by molar-refractivity contribution is 0.226. The predicted octanol–water partition coefficient (Wildman–Crippen LogP) is 3.62. The number of likely N-dealkylation sites (N-methyl/N-ethyl adjacent to an activating group) is 1. The minimum Gasteiger partial charge on any atom is -0.491 e. The van der Waals surface area contributed by atoms with Gasteiger partial charge < -0.3 is 10.1 Å². The fraction of sp³-hybridized carbons (Fsp3) is 0.625. The molecule has 1 rings (SSSR count). The summed E-state index contributed by atoms with van der Waals surface area (Å²) in [6.45, 7) is 11.6. The second kappa shape index (κ2) is 6.79. The number of rotatable bonds is 6. The lowest BCUT2D eigenvalue weighted by Gasteiger charge is -2.24. The number of hydrogen-bond acceptors (Lipinski definition) is 2. The van der Waals surface area contributed by atoms with Crippen LogP contribution >= 0.6 is 0 Å². The summed E-state index contributed by atoms with van der Waals surface area (Å²) in [6, 6.07) is 4.70. The topological polar surface area (TPSA) is 21.3 Å². The van der Waals surface area contributed by atoms with Crippen LogP contribution in [0.25, 0.3) is 0 Å². The molecule has 0 spiro atoms. The van der Waals surface area contributed by atoms with Crippen molar-refractivity contribution < 1.29 is 4.74 Å². The van der Waals surface area contributed by atoms with Gasteiger partial charge in [-0.05, 0) is 50.4 Å². The number of ether oxygens (including phenoxy) is 1. The average Bonchev–Trinajstić information content (AvgIpc) is 2.37. The third-order valence-electron chi connectivity index (χ3n) is 3.98. The number of nitrogens with one attached hydrogen (secondary N) is 1. The Hall–Kier alpha value is -1.02. The van der Waals surface area contributed by atoms with Crippen molar-refractivity contribution in [3.8, 4) is 5.75 Å². The molecule has 0 bridgehead atoms. The SMILES string of the molecule is CCC(C)C(COc1c(C)ccc(C)c1C)NC. The fourth-order valence-electron chi connectivity index (χ4n) is 2.14. The molecule has 1 aromatic rings. The number of benzene rings is 1. The minimum atomic E-state index is 0.411. The van der Waals surface area contributed by atoms with E-state index in [1.165, 1.54) is 23.1 Å². The molecule has 0 saturated carbocycles. The molecule has 0 radical (unpaired) electrons. The van der Waals surface area contributed by atoms with Gasteiger partial charge in [0.25, 0.3) is 0 Å². The Morgan fingerprint density at radius 2 is 1.78 bits per heavy atom. The fourth-order valence-corrected chi connectivity index (χ4v) is 2.14. The Morgan fingerprint density at radius 3 is 2.33 bits per heavy atom. The Labute approximate surface area is 112 Å². The van der Waals surface area contributed by atoms with Crippen LogP contribution in [0.15, 0.2) is 12.1 Å². The van der Waals surface area contributed by atoms with Crippen molar-refractivity contribution >= 4 is 0 Å². The summed E-state index contributed by atoms with van der Waals surface area (Å²) in [6.07, 6.45) is 1.17. The normalized spacial score (nSPS) is 14.3. The molecule has 1 aromatic carbocycles. The molecule has 0 aromatic heterocycles. The van der Waals surface area contributed by atoms with Crippen molar-refractivity contribution in [1.29, 1.82) is 0 Å². The van der Waals surface area contributed by atoms with E-state index in [0.29, 0.717) is 12.0 Å². The first-order valence-corrected chi connectivity index (χ1v) is 6.88. The smallest absolute Gasteiger partial charge is 0.125 e. The van der Waals surface area contributed by atoms with E-state index in [-0.39, 0.29) is 0 Å². The zero-order valence-corrected chi connectivity index (χ0v) is 12.6. The largest absolute Gasteiger partial charge is 0.491 e. The zero-order chi connectivity index (χ0) is 13.7. The molecular weight excluding hydrogens is 222 g/mol. The summed E-state index contributed by atoms with van der Waals surface area (Å²) in [5, 5.41) is 3.35. The molecule has 0 heterocycles. The van der Waals surface area contributed by atoms with Crippen molar-refractivity contribution in [3.05, 3.63) is 28.8 Å². The van der Waals surface area contributed by atoms with E-state index >= 15 is 0 Å². The second-order valence-corrected chi connectivity index (χ2v) is 5.25. The monoisotopic (exact) mass is 249 g/mol. The van der Waals surface area contributed by atoms with Gasteiger partial charge in [0.2, 0.25) is 0 Å². The van der Waals surface area contributed by atoms with Gasteiger partial charge in [-0.25, -0.2) is 0 Å². The van der Waals surface area contributed by atoms with Crippen LogP contribution in [0, 0.1) is 26.7 Å². The highest BCUT2D eigenvalue weighted by Crippen LogP contribution is 2.26. The van der Waals surface area contributed by atoms with Gasteiger partial charge in [-0.15, -0.1) is 0 Å². The second-order valence-electron chi connectivity index (χ2n) is 5.25. The van der Waals surface area contributed by atoms with Crippen LogP contribution in [0.4, 0.5) is 0 Å². The van der Waals surface area contributed by atoms with E-state index in [9.17, 15) is 0 Å². The van der Waals surface area contributed by atoms with Crippen LogP contribution in [0.5, 0.6) is 5.75 Å². The maximum absolute atomic E-state index is 6.06. The molecule has 2 unspecified atom stereocenters. The van der Waals surface area contributed by atoms with E-state index in [1.54, 1.807) is 0 Å². The maximum atomic E-state index is 6.06. The summed E-state index contributed by atoms with van der Waals surface area (Å²) in [5.41, 5.74) is 3.77. The first-order chi connectivity index (χ1) is 8.51. The molecule has 0 aliphatic carbocycles. The summed E-state index contributed by atoms with van der Waals surface area (Å²) in [7, 11) is 2.01.